The van der Waals surface area contributed by atoms with Crippen molar-refractivity contribution in [1.82, 2.24) is 10.1 Å². The molecule has 2 N–H and O–H groups in total. The first kappa shape index (κ1) is 15.1. The Morgan fingerprint density at radius 1 is 1.25 bits per heavy atom. The molecule has 0 fully saturated rings. The third kappa shape index (κ3) is 4.65. The van der Waals surface area contributed by atoms with E-state index in [-0.39, 0.29) is 10.8 Å². The van der Waals surface area contributed by atoms with Gasteiger partial charge in [0.05, 0.1) is 11.8 Å². The summed E-state index contributed by atoms with van der Waals surface area (Å²) in [4.78, 5) is 4.39. The summed E-state index contributed by atoms with van der Waals surface area (Å²) in [6, 6.07) is 9.84. The molecule has 20 heavy (non-hydrogen) atoms. The van der Waals surface area contributed by atoms with Crippen LogP contribution in [0.15, 0.2) is 34.9 Å². The zero-order valence-electron chi connectivity index (χ0n) is 12.2. The van der Waals surface area contributed by atoms with E-state index in [9.17, 15) is 0 Å². The molecule has 0 saturated carbocycles. The van der Waals surface area contributed by atoms with Crippen molar-refractivity contribution in [2.24, 2.45) is 5.73 Å². The Bertz CT molecular complexity index is 534. The number of thioether (sulfide) groups is 1. The summed E-state index contributed by atoms with van der Waals surface area (Å²) in [5, 5.41) is 4.00. The van der Waals surface area contributed by atoms with Crippen molar-refractivity contribution < 1.29 is 4.52 Å². The maximum atomic E-state index is 6.12. The molecule has 0 saturated heterocycles. The largest absolute Gasteiger partial charge is 0.338 e. The van der Waals surface area contributed by atoms with Gasteiger partial charge >= 0.3 is 0 Å². The Balaban J connectivity index is 1.94. The van der Waals surface area contributed by atoms with E-state index in [4.69, 9.17) is 10.3 Å². The van der Waals surface area contributed by atoms with Crippen molar-refractivity contribution >= 4 is 11.8 Å². The first-order valence-electron chi connectivity index (χ1n) is 6.70. The van der Waals surface area contributed by atoms with Crippen molar-refractivity contribution in [2.75, 3.05) is 0 Å². The van der Waals surface area contributed by atoms with Crippen LogP contribution in [-0.4, -0.2) is 14.9 Å². The first-order chi connectivity index (χ1) is 9.44. The molecule has 2 aromatic rings. The van der Waals surface area contributed by atoms with Gasteiger partial charge < -0.3 is 10.3 Å². The Hall–Kier alpha value is -1.33. The SMILES string of the molecule is CC(C)(C)SCc1noc(C(N)Cc2ccccc2)n1. The van der Waals surface area contributed by atoms with Gasteiger partial charge in [-0.1, -0.05) is 56.3 Å². The van der Waals surface area contributed by atoms with Crippen LogP contribution < -0.4 is 5.73 Å². The van der Waals surface area contributed by atoms with Crippen LogP contribution in [0.25, 0.3) is 0 Å². The lowest BCUT2D eigenvalue weighted by atomic mass is 10.1. The van der Waals surface area contributed by atoms with Gasteiger partial charge in [0, 0.05) is 4.75 Å². The second kappa shape index (κ2) is 6.41. The topological polar surface area (TPSA) is 64.9 Å². The molecule has 5 heteroatoms. The zero-order chi connectivity index (χ0) is 14.6. The number of hydrogen-bond acceptors (Lipinski definition) is 5. The zero-order valence-corrected chi connectivity index (χ0v) is 13.0. The van der Waals surface area contributed by atoms with Gasteiger partial charge in [0.25, 0.3) is 0 Å². The van der Waals surface area contributed by atoms with Gasteiger partial charge in [-0.3, -0.25) is 0 Å². The minimum Gasteiger partial charge on any atom is -0.338 e. The Morgan fingerprint density at radius 2 is 1.95 bits per heavy atom. The van der Waals surface area contributed by atoms with E-state index < -0.39 is 0 Å². The van der Waals surface area contributed by atoms with Gasteiger partial charge in [-0.25, -0.2) is 0 Å². The van der Waals surface area contributed by atoms with Crippen molar-refractivity contribution in [2.45, 2.75) is 43.7 Å². The highest BCUT2D eigenvalue weighted by molar-refractivity contribution is 7.99. The first-order valence-corrected chi connectivity index (χ1v) is 7.68. The van der Waals surface area contributed by atoms with Crippen molar-refractivity contribution in [3.63, 3.8) is 0 Å². The van der Waals surface area contributed by atoms with Crippen LogP contribution in [0.2, 0.25) is 0 Å². The molecule has 0 spiro atoms. The van der Waals surface area contributed by atoms with Crippen LogP contribution in [0.5, 0.6) is 0 Å². The molecular formula is C15H21N3OS. The number of nitrogens with zero attached hydrogens (tertiary/aromatic N) is 2. The van der Waals surface area contributed by atoms with Crippen LogP contribution in [0.3, 0.4) is 0 Å². The molecule has 0 aliphatic carbocycles. The van der Waals surface area contributed by atoms with E-state index in [1.807, 2.05) is 30.3 Å². The standard InChI is InChI=1S/C15H21N3OS/c1-15(2,3)20-10-13-17-14(19-18-13)12(16)9-11-7-5-4-6-8-11/h4-8,12H,9-10,16H2,1-3H3. The van der Waals surface area contributed by atoms with Crippen LogP contribution >= 0.6 is 11.8 Å². The summed E-state index contributed by atoms with van der Waals surface area (Å²) in [5.74, 6) is 1.97. The highest BCUT2D eigenvalue weighted by Crippen LogP contribution is 2.26. The Kier molecular flexibility index (Phi) is 4.83. The summed E-state index contributed by atoms with van der Waals surface area (Å²) in [6.07, 6.45) is 0.703. The molecule has 0 aliphatic heterocycles. The number of nitrogens with two attached hydrogens (primary N) is 1. The van der Waals surface area contributed by atoms with Crippen LogP contribution in [0, 0.1) is 0 Å². The Morgan fingerprint density at radius 3 is 2.60 bits per heavy atom. The summed E-state index contributed by atoms with van der Waals surface area (Å²) in [5.41, 5.74) is 7.29. The number of hydrogen-bond donors (Lipinski definition) is 1. The van der Waals surface area contributed by atoms with Gasteiger partial charge in [0.15, 0.2) is 5.82 Å². The molecule has 108 valence electrons. The lowest BCUT2D eigenvalue weighted by Crippen LogP contribution is -2.14. The van der Waals surface area contributed by atoms with E-state index >= 15 is 0 Å². The van der Waals surface area contributed by atoms with E-state index in [0.717, 1.165) is 5.75 Å². The predicted molar refractivity (Wildman–Crippen MR) is 82.4 cm³/mol. The highest BCUT2D eigenvalue weighted by atomic mass is 32.2. The minimum atomic E-state index is -0.252. The molecule has 4 nitrogen and oxygen atoms in total. The second-order valence-corrected chi connectivity index (χ2v) is 7.55. The third-order valence-electron chi connectivity index (χ3n) is 2.73. The molecule has 0 bridgehead atoms. The van der Waals surface area contributed by atoms with E-state index in [1.165, 1.54) is 5.56 Å². The smallest absolute Gasteiger partial charge is 0.243 e. The van der Waals surface area contributed by atoms with Crippen LogP contribution in [0.1, 0.15) is 44.1 Å². The van der Waals surface area contributed by atoms with Gasteiger partial charge in [0.1, 0.15) is 0 Å². The van der Waals surface area contributed by atoms with Crippen molar-refractivity contribution in [3.8, 4) is 0 Å². The summed E-state index contributed by atoms with van der Waals surface area (Å²) in [6.45, 7) is 6.50. The number of aromatic nitrogens is 2. The van der Waals surface area contributed by atoms with Crippen molar-refractivity contribution in [3.05, 3.63) is 47.6 Å². The molecule has 1 aromatic carbocycles. The number of benzene rings is 1. The lowest BCUT2D eigenvalue weighted by Gasteiger charge is -2.15. The predicted octanol–water partition coefficient (Wildman–Crippen LogP) is 3.34. The van der Waals surface area contributed by atoms with E-state index in [1.54, 1.807) is 11.8 Å². The van der Waals surface area contributed by atoms with Crippen molar-refractivity contribution in [1.29, 1.82) is 0 Å². The monoisotopic (exact) mass is 291 g/mol. The quantitative estimate of drug-likeness (QED) is 0.915. The maximum absolute atomic E-state index is 6.12. The van der Waals surface area contributed by atoms with Crippen LogP contribution in [0.4, 0.5) is 0 Å². The molecule has 0 amide bonds. The maximum Gasteiger partial charge on any atom is 0.243 e. The van der Waals surface area contributed by atoms with Gasteiger partial charge in [-0.15, -0.1) is 11.8 Å². The van der Waals surface area contributed by atoms with Crippen LogP contribution in [-0.2, 0) is 12.2 Å². The lowest BCUT2D eigenvalue weighted by molar-refractivity contribution is 0.351. The molecule has 1 unspecified atom stereocenters. The van der Waals surface area contributed by atoms with E-state index in [2.05, 4.69) is 30.9 Å². The molecule has 0 radical (unpaired) electrons. The fourth-order valence-corrected chi connectivity index (χ4v) is 2.39. The molecule has 1 aromatic heterocycles. The average molecular weight is 291 g/mol. The molecular weight excluding hydrogens is 270 g/mol. The average Bonchev–Trinajstić information content (AvgIpc) is 2.86. The van der Waals surface area contributed by atoms with E-state index in [0.29, 0.717) is 18.1 Å². The summed E-state index contributed by atoms with van der Waals surface area (Å²) < 4.78 is 5.45. The summed E-state index contributed by atoms with van der Waals surface area (Å²) in [7, 11) is 0. The molecule has 1 atom stereocenters. The van der Waals surface area contributed by atoms with Gasteiger partial charge in [0.2, 0.25) is 5.89 Å². The fourth-order valence-electron chi connectivity index (χ4n) is 1.71. The third-order valence-corrected chi connectivity index (χ3v) is 4.00. The Labute approximate surface area is 124 Å². The fraction of sp³-hybridized carbons (Fsp3) is 0.467. The molecule has 1 heterocycles. The minimum absolute atomic E-state index is 0.187. The second-order valence-electron chi connectivity index (χ2n) is 5.75. The van der Waals surface area contributed by atoms with Gasteiger partial charge in [-0.05, 0) is 12.0 Å². The van der Waals surface area contributed by atoms with Gasteiger partial charge in [-0.2, -0.15) is 4.98 Å². The molecule has 2 rings (SSSR count). The highest BCUT2D eigenvalue weighted by Gasteiger charge is 2.17. The normalized spacial score (nSPS) is 13.4. The number of rotatable bonds is 5. The summed E-state index contributed by atoms with van der Waals surface area (Å²) >= 11 is 1.79. The molecule has 0 aliphatic rings.